The molecule has 0 atom stereocenters. The summed E-state index contributed by atoms with van der Waals surface area (Å²) in [5.74, 6) is 6.83. The van der Waals surface area contributed by atoms with E-state index < -0.39 is 0 Å². The lowest BCUT2D eigenvalue weighted by atomic mass is 10.1. The maximum Gasteiger partial charge on any atom is 0.144 e. The zero-order valence-corrected chi connectivity index (χ0v) is 14.1. The number of fused-ring (bicyclic) bond motifs is 1. The molecule has 2 aromatic carbocycles. The van der Waals surface area contributed by atoms with Crippen molar-refractivity contribution >= 4 is 10.9 Å². The standard InChI is InChI=1S/C22H17N3O/c26-14-4-3-5-17-8-10-18(11-9-17)22-23-12-13-25(22)20-15-19-6-1-2-7-21(19)24-16-20/h1-2,6-13,15-16,26H,4,14H2. The first-order chi connectivity index (χ1) is 12.8. The molecule has 4 heteroatoms. The van der Waals surface area contributed by atoms with Gasteiger partial charge in [0.2, 0.25) is 0 Å². The molecular formula is C22H17N3O. The van der Waals surface area contributed by atoms with Crippen LogP contribution in [0.4, 0.5) is 0 Å². The number of aliphatic hydroxyl groups is 1. The summed E-state index contributed by atoms with van der Waals surface area (Å²) in [6, 6.07) is 18.1. The Bertz CT molecular complexity index is 1100. The molecule has 0 unspecified atom stereocenters. The molecule has 0 radical (unpaired) electrons. The van der Waals surface area contributed by atoms with Gasteiger partial charge < -0.3 is 5.11 Å². The first-order valence-corrected chi connectivity index (χ1v) is 8.44. The van der Waals surface area contributed by atoms with Crippen molar-refractivity contribution in [3.05, 3.63) is 78.8 Å². The second-order valence-corrected chi connectivity index (χ2v) is 5.86. The quantitative estimate of drug-likeness (QED) is 0.577. The van der Waals surface area contributed by atoms with Crippen LogP contribution in [0.1, 0.15) is 12.0 Å². The predicted molar refractivity (Wildman–Crippen MR) is 103 cm³/mol. The van der Waals surface area contributed by atoms with Crippen molar-refractivity contribution in [3.63, 3.8) is 0 Å². The summed E-state index contributed by atoms with van der Waals surface area (Å²) < 4.78 is 2.03. The molecule has 4 rings (SSSR count). The van der Waals surface area contributed by atoms with Gasteiger partial charge in [-0.2, -0.15) is 0 Å². The third kappa shape index (κ3) is 3.21. The van der Waals surface area contributed by atoms with Crippen molar-refractivity contribution in [2.45, 2.75) is 6.42 Å². The lowest BCUT2D eigenvalue weighted by molar-refractivity contribution is 0.305. The zero-order valence-electron chi connectivity index (χ0n) is 14.1. The van der Waals surface area contributed by atoms with Gasteiger partial charge in [0, 0.05) is 35.3 Å². The van der Waals surface area contributed by atoms with Crippen LogP contribution in [0.3, 0.4) is 0 Å². The maximum atomic E-state index is 8.80. The molecule has 26 heavy (non-hydrogen) atoms. The van der Waals surface area contributed by atoms with Gasteiger partial charge in [0.25, 0.3) is 0 Å². The summed E-state index contributed by atoms with van der Waals surface area (Å²) in [4.78, 5) is 9.05. The Morgan fingerprint density at radius 1 is 1.00 bits per heavy atom. The minimum atomic E-state index is 0.0856. The fourth-order valence-corrected chi connectivity index (χ4v) is 2.84. The van der Waals surface area contributed by atoms with Gasteiger partial charge in [-0.1, -0.05) is 42.2 Å². The molecule has 0 aliphatic rings. The number of rotatable bonds is 3. The van der Waals surface area contributed by atoms with Crippen molar-refractivity contribution in [1.82, 2.24) is 14.5 Å². The Labute approximate surface area is 151 Å². The normalized spacial score (nSPS) is 10.5. The van der Waals surface area contributed by atoms with Gasteiger partial charge >= 0.3 is 0 Å². The molecule has 2 aromatic heterocycles. The van der Waals surface area contributed by atoms with E-state index >= 15 is 0 Å². The lowest BCUT2D eigenvalue weighted by Crippen LogP contribution is -1.97. The van der Waals surface area contributed by atoms with Gasteiger partial charge in [-0.15, -0.1) is 0 Å². The van der Waals surface area contributed by atoms with Gasteiger partial charge in [-0.3, -0.25) is 9.55 Å². The van der Waals surface area contributed by atoms with Crippen molar-refractivity contribution in [1.29, 1.82) is 0 Å². The van der Waals surface area contributed by atoms with Crippen LogP contribution < -0.4 is 0 Å². The Hall–Kier alpha value is -3.42. The molecule has 2 heterocycles. The summed E-state index contributed by atoms with van der Waals surface area (Å²) in [7, 11) is 0. The molecule has 0 saturated carbocycles. The molecular weight excluding hydrogens is 322 g/mol. The fourth-order valence-electron chi connectivity index (χ4n) is 2.84. The van der Waals surface area contributed by atoms with Gasteiger partial charge in [0.05, 0.1) is 24.0 Å². The van der Waals surface area contributed by atoms with E-state index in [9.17, 15) is 0 Å². The van der Waals surface area contributed by atoms with E-state index in [0.29, 0.717) is 6.42 Å². The number of benzene rings is 2. The SMILES string of the molecule is OCCC#Cc1ccc(-c2nccn2-c2cnc3ccccc3c2)cc1. The van der Waals surface area contributed by atoms with E-state index in [1.807, 2.05) is 59.4 Å². The fraction of sp³-hybridized carbons (Fsp3) is 0.0909. The Morgan fingerprint density at radius 3 is 2.69 bits per heavy atom. The molecule has 0 aliphatic heterocycles. The Morgan fingerprint density at radius 2 is 1.85 bits per heavy atom. The van der Waals surface area contributed by atoms with Crippen LogP contribution in [0.15, 0.2) is 73.2 Å². The third-order valence-corrected chi connectivity index (χ3v) is 4.11. The molecule has 0 spiro atoms. The topological polar surface area (TPSA) is 50.9 Å². The second-order valence-electron chi connectivity index (χ2n) is 5.86. The predicted octanol–water partition coefficient (Wildman–Crippen LogP) is 3.82. The smallest absolute Gasteiger partial charge is 0.144 e. The molecule has 0 aliphatic carbocycles. The molecule has 4 nitrogen and oxygen atoms in total. The van der Waals surface area contributed by atoms with E-state index in [-0.39, 0.29) is 6.61 Å². The first kappa shape index (κ1) is 16.1. The highest BCUT2D eigenvalue weighted by molar-refractivity contribution is 5.80. The molecule has 126 valence electrons. The van der Waals surface area contributed by atoms with E-state index in [4.69, 9.17) is 5.11 Å². The molecule has 0 amide bonds. The van der Waals surface area contributed by atoms with Crippen LogP contribution in [-0.4, -0.2) is 26.2 Å². The first-order valence-electron chi connectivity index (χ1n) is 8.44. The third-order valence-electron chi connectivity index (χ3n) is 4.11. The highest BCUT2D eigenvalue weighted by Crippen LogP contribution is 2.23. The van der Waals surface area contributed by atoms with E-state index in [1.54, 1.807) is 6.20 Å². The van der Waals surface area contributed by atoms with Gasteiger partial charge in [-0.05, 0) is 24.3 Å². The number of pyridine rings is 1. The number of hydrogen-bond donors (Lipinski definition) is 1. The number of aromatic nitrogens is 3. The lowest BCUT2D eigenvalue weighted by Gasteiger charge is -2.09. The average molecular weight is 339 g/mol. The molecule has 4 aromatic rings. The van der Waals surface area contributed by atoms with Crippen molar-refractivity contribution < 1.29 is 5.11 Å². The summed E-state index contributed by atoms with van der Waals surface area (Å²) in [5, 5.41) is 9.90. The molecule has 0 bridgehead atoms. The highest BCUT2D eigenvalue weighted by atomic mass is 16.2. The number of imidazole rings is 1. The second kappa shape index (κ2) is 7.22. The van der Waals surface area contributed by atoms with E-state index in [0.717, 1.165) is 33.5 Å². The number of nitrogens with zero attached hydrogens (tertiary/aromatic N) is 3. The Balaban J connectivity index is 1.69. The van der Waals surface area contributed by atoms with Crippen LogP contribution in [0.2, 0.25) is 0 Å². The number of aliphatic hydroxyl groups excluding tert-OH is 1. The van der Waals surface area contributed by atoms with E-state index in [1.165, 1.54) is 0 Å². The highest BCUT2D eigenvalue weighted by Gasteiger charge is 2.08. The van der Waals surface area contributed by atoms with Crippen LogP contribution >= 0.6 is 0 Å². The number of hydrogen-bond acceptors (Lipinski definition) is 3. The van der Waals surface area contributed by atoms with Crippen molar-refractivity contribution in [3.8, 4) is 28.9 Å². The summed E-state index contributed by atoms with van der Waals surface area (Å²) in [6.07, 6.45) is 6.08. The monoisotopic (exact) mass is 339 g/mol. The minimum Gasteiger partial charge on any atom is -0.395 e. The van der Waals surface area contributed by atoms with Crippen LogP contribution in [0.5, 0.6) is 0 Å². The molecule has 0 saturated heterocycles. The largest absolute Gasteiger partial charge is 0.395 e. The van der Waals surface area contributed by atoms with Crippen molar-refractivity contribution in [2.24, 2.45) is 0 Å². The van der Waals surface area contributed by atoms with Crippen LogP contribution in [0, 0.1) is 11.8 Å². The van der Waals surface area contributed by atoms with Gasteiger partial charge in [0.1, 0.15) is 5.82 Å². The number of para-hydroxylation sites is 1. The van der Waals surface area contributed by atoms with Gasteiger partial charge in [-0.25, -0.2) is 4.98 Å². The van der Waals surface area contributed by atoms with Crippen molar-refractivity contribution in [2.75, 3.05) is 6.61 Å². The summed E-state index contributed by atoms with van der Waals surface area (Å²) in [5.41, 5.74) is 3.88. The molecule has 1 N–H and O–H groups in total. The average Bonchev–Trinajstić information content (AvgIpc) is 3.18. The molecule has 0 fully saturated rings. The van der Waals surface area contributed by atoms with Crippen LogP contribution in [-0.2, 0) is 0 Å². The van der Waals surface area contributed by atoms with Crippen LogP contribution in [0.25, 0.3) is 28.0 Å². The van der Waals surface area contributed by atoms with E-state index in [2.05, 4.69) is 33.9 Å². The maximum absolute atomic E-state index is 8.80. The zero-order chi connectivity index (χ0) is 17.8. The minimum absolute atomic E-state index is 0.0856. The summed E-state index contributed by atoms with van der Waals surface area (Å²) >= 11 is 0. The summed E-state index contributed by atoms with van der Waals surface area (Å²) in [6.45, 7) is 0.0856. The van der Waals surface area contributed by atoms with Gasteiger partial charge in [0.15, 0.2) is 0 Å². The Kier molecular flexibility index (Phi) is 4.46.